The molecule has 0 aliphatic carbocycles. The minimum Gasteiger partial charge on any atom is -0.493 e. The van der Waals surface area contributed by atoms with Gasteiger partial charge in [-0.2, -0.15) is 0 Å². The zero-order valence-corrected chi connectivity index (χ0v) is 11.0. The monoisotopic (exact) mass is 253 g/mol. The average molecular weight is 253 g/mol. The summed E-state index contributed by atoms with van der Waals surface area (Å²) in [6.45, 7) is 6.07. The Labute approximate surface area is 107 Å². The van der Waals surface area contributed by atoms with Gasteiger partial charge in [-0.3, -0.25) is 10.1 Å². The normalized spacial score (nSPS) is 12.1. The highest BCUT2D eigenvalue weighted by Crippen LogP contribution is 2.17. The molecule has 18 heavy (non-hydrogen) atoms. The largest absolute Gasteiger partial charge is 0.493 e. The van der Waals surface area contributed by atoms with E-state index in [1.54, 1.807) is 12.1 Å². The summed E-state index contributed by atoms with van der Waals surface area (Å²) in [7, 11) is 0. The summed E-state index contributed by atoms with van der Waals surface area (Å²) in [5.41, 5.74) is 0.0902. The highest BCUT2D eigenvalue weighted by Gasteiger charge is 2.04. The highest BCUT2D eigenvalue weighted by atomic mass is 16.6. The molecule has 0 spiro atoms. The number of non-ortho nitro benzene ring substituents is 1. The van der Waals surface area contributed by atoms with Crippen LogP contribution in [0.5, 0.6) is 5.75 Å². The van der Waals surface area contributed by atoms with Gasteiger partial charge in [0.25, 0.3) is 5.69 Å². The fourth-order valence-electron chi connectivity index (χ4n) is 1.51. The van der Waals surface area contributed by atoms with Crippen LogP contribution in [0, 0.1) is 10.1 Å². The van der Waals surface area contributed by atoms with Crippen molar-refractivity contribution in [2.24, 2.45) is 0 Å². The lowest BCUT2D eigenvalue weighted by atomic mass is 10.2. The summed E-state index contributed by atoms with van der Waals surface area (Å²) in [5, 5.41) is 12.8. The maximum Gasteiger partial charge on any atom is 0.269 e. The van der Waals surface area contributed by atoms with Crippen molar-refractivity contribution in [2.45, 2.75) is 32.7 Å². The molecule has 0 heterocycles. The third-order valence-electron chi connectivity index (χ3n) is 2.88. The third kappa shape index (κ3) is 5.14. The van der Waals surface area contributed by atoms with E-state index in [-0.39, 0.29) is 5.69 Å². The van der Waals surface area contributed by atoms with E-state index in [1.165, 1.54) is 18.6 Å². The second-order valence-corrected chi connectivity index (χ2v) is 4.36. The van der Waals surface area contributed by atoms with Crippen LogP contribution in [0.2, 0.25) is 0 Å². The molecule has 0 radical (unpaired) electrons. The smallest absolute Gasteiger partial charge is 0.269 e. The Kier molecular flexibility index (Phi) is 6.14. The molecule has 0 aromatic heterocycles. The van der Waals surface area contributed by atoms with Gasteiger partial charge < -0.3 is 10.1 Å². The summed E-state index contributed by atoms with van der Waals surface area (Å²) in [4.78, 5) is 10.1. The van der Waals surface area contributed by atoms with E-state index in [0.717, 1.165) is 13.0 Å². The first-order chi connectivity index (χ1) is 8.63. The van der Waals surface area contributed by atoms with Crippen LogP contribution in [-0.2, 0) is 0 Å². The predicted octanol–water partition coefficient (Wildman–Crippen LogP) is 1.73. The van der Waals surface area contributed by atoms with E-state index in [1.807, 2.05) is 0 Å². The van der Waals surface area contributed by atoms with Crippen molar-refractivity contribution in [1.82, 2.24) is 0 Å². The van der Waals surface area contributed by atoms with Gasteiger partial charge in [0.2, 0.25) is 0 Å². The molecule has 1 aromatic rings. The molecule has 0 saturated carbocycles. The van der Waals surface area contributed by atoms with Crippen LogP contribution in [0.1, 0.15) is 26.7 Å². The highest BCUT2D eigenvalue weighted by molar-refractivity contribution is 5.35. The van der Waals surface area contributed by atoms with Crippen LogP contribution in [0.3, 0.4) is 0 Å². The van der Waals surface area contributed by atoms with Gasteiger partial charge in [-0.15, -0.1) is 0 Å². The molecule has 100 valence electrons. The number of ether oxygens (including phenoxy) is 1. The van der Waals surface area contributed by atoms with E-state index in [9.17, 15) is 10.1 Å². The quantitative estimate of drug-likeness (QED) is 0.436. The molecule has 0 saturated heterocycles. The molecule has 0 unspecified atom stereocenters. The zero-order chi connectivity index (χ0) is 13.4. The molecular weight excluding hydrogens is 232 g/mol. The van der Waals surface area contributed by atoms with Gasteiger partial charge in [-0.25, -0.2) is 0 Å². The number of hydrogen-bond donors (Lipinski definition) is 1. The summed E-state index contributed by atoms with van der Waals surface area (Å²) < 4.78 is 5.51. The summed E-state index contributed by atoms with van der Waals surface area (Å²) >= 11 is 0. The number of nitro benzene ring substituents is 1. The number of nitro groups is 1. The zero-order valence-electron chi connectivity index (χ0n) is 11.0. The lowest BCUT2D eigenvalue weighted by Crippen LogP contribution is -2.89. The molecule has 5 nitrogen and oxygen atoms in total. The minimum atomic E-state index is -0.412. The van der Waals surface area contributed by atoms with Crippen LogP contribution in [-0.4, -0.2) is 24.1 Å². The number of quaternary nitrogens is 1. The maximum absolute atomic E-state index is 10.5. The molecule has 1 rings (SSSR count). The van der Waals surface area contributed by atoms with Crippen molar-refractivity contribution in [2.75, 3.05) is 13.2 Å². The van der Waals surface area contributed by atoms with E-state index in [2.05, 4.69) is 19.2 Å². The third-order valence-corrected chi connectivity index (χ3v) is 2.88. The second kappa shape index (κ2) is 7.66. The summed E-state index contributed by atoms with van der Waals surface area (Å²) in [5.74, 6) is 0.684. The molecule has 1 aromatic carbocycles. The van der Waals surface area contributed by atoms with Crippen molar-refractivity contribution in [3.05, 3.63) is 34.4 Å². The van der Waals surface area contributed by atoms with Crippen LogP contribution in [0.15, 0.2) is 24.3 Å². The average Bonchev–Trinajstić information content (AvgIpc) is 2.38. The van der Waals surface area contributed by atoms with Crippen molar-refractivity contribution >= 4 is 5.69 Å². The van der Waals surface area contributed by atoms with Crippen LogP contribution in [0.25, 0.3) is 0 Å². The van der Waals surface area contributed by atoms with Gasteiger partial charge in [0.05, 0.1) is 24.1 Å². The Hall–Kier alpha value is -1.62. The predicted molar refractivity (Wildman–Crippen MR) is 69.8 cm³/mol. The van der Waals surface area contributed by atoms with Crippen LogP contribution < -0.4 is 10.1 Å². The Morgan fingerprint density at radius 2 is 2.06 bits per heavy atom. The number of rotatable bonds is 8. The number of benzene rings is 1. The standard InChI is InChI=1S/C13H20N2O3/c1-3-11(2)14-9-4-10-18-13-7-5-12(6-8-13)15(16)17/h5-8,11,14H,3-4,9-10H2,1-2H3/p+1/t11-/m0/s1. The topological polar surface area (TPSA) is 69.0 Å². The van der Waals surface area contributed by atoms with Gasteiger partial charge in [0, 0.05) is 18.6 Å². The number of hydrogen-bond acceptors (Lipinski definition) is 3. The van der Waals surface area contributed by atoms with Crippen molar-refractivity contribution in [3.63, 3.8) is 0 Å². The summed E-state index contributed by atoms with van der Waals surface area (Å²) in [6.07, 6.45) is 2.14. The lowest BCUT2D eigenvalue weighted by Gasteiger charge is -2.08. The van der Waals surface area contributed by atoms with Crippen molar-refractivity contribution < 1.29 is 15.0 Å². The number of nitrogens with two attached hydrogens (primary N) is 1. The maximum atomic E-state index is 10.5. The molecule has 2 N–H and O–H groups in total. The Balaban J connectivity index is 2.21. The lowest BCUT2D eigenvalue weighted by molar-refractivity contribution is -0.686. The van der Waals surface area contributed by atoms with Crippen molar-refractivity contribution in [3.8, 4) is 5.75 Å². The molecule has 0 fully saturated rings. The van der Waals surface area contributed by atoms with Gasteiger partial charge in [0.15, 0.2) is 0 Å². The molecular formula is C13H21N2O3+. The second-order valence-electron chi connectivity index (χ2n) is 4.36. The molecule has 0 amide bonds. The summed E-state index contributed by atoms with van der Waals surface area (Å²) in [6, 6.07) is 6.85. The van der Waals surface area contributed by atoms with Gasteiger partial charge in [-0.1, -0.05) is 6.92 Å². The molecule has 0 bridgehead atoms. The van der Waals surface area contributed by atoms with E-state index < -0.39 is 4.92 Å². The van der Waals surface area contributed by atoms with E-state index in [0.29, 0.717) is 18.4 Å². The fraction of sp³-hybridized carbons (Fsp3) is 0.538. The number of nitrogens with zero attached hydrogens (tertiary/aromatic N) is 1. The Morgan fingerprint density at radius 3 is 2.61 bits per heavy atom. The van der Waals surface area contributed by atoms with Gasteiger partial charge in [-0.05, 0) is 25.5 Å². The first-order valence-electron chi connectivity index (χ1n) is 6.34. The van der Waals surface area contributed by atoms with E-state index >= 15 is 0 Å². The fourth-order valence-corrected chi connectivity index (χ4v) is 1.51. The SMILES string of the molecule is CC[C@H](C)[NH2+]CCCOc1ccc([N+](=O)[O-])cc1. The minimum absolute atomic E-state index is 0.0902. The Bertz CT molecular complexity index is 365. The van der Waals surface area contributed by atoms with Crippen LogP contribution >= 0.6 is 0 Å². The molecule has 0 aliphatic rings. The van der Waals surface area contributed by atoms with E-state index in [4.69, 9.17) is 4.74 Å². The molecule has 0 aliphatic heterocycles. The van der Waals surface area contributed by atoms with Gasteiger partial charge >= 0.3 is 0 Å². The first kappa shape index (κ1) is 14.4. The Morgan fingerprint density at radius 1 is 1.39 bits per heavy atom. The van der Waals surface area contributed by atoms with Crippen molar-refractivity contribution in [1.29, 1.82) is 0 Å². The van der Waals surface area contributed by atoms with Gasteiger partial charge in [0.1, 0.15) is 5.75 Å². The molecule has 1 atom stereocenters. The molecule has 5 heteroatoms. The first-order valence-corrected chi connectivity index (χ1v) is 6.34. The van der Waals surface area contributed by atoms with Crippen LogP contribution in [0.4, 0.5) is 5.69 Å².